The summed E-state index contributed by atoms with van der Waals surface area (Å²) in [5.41, 5.74) is 6.23. The van der Waals surface area contributed by atoms with Gasteiger partial charge in [-0.1, -0.05) is 36.4 Å². The molecule has 1 aliphatic rings. The number of piperazine rings is 1. The van der Waals surface area contributed by atoms with Gasteiger partial charge in [0.2, 0.25) is 0 Å². The number of likely N-dealkylation sites (N-methyl/N-ethyl adjacent to an activating group) is 1. The number of methoxy groups -OCH3 is 1. The van der Waals surface area contributed by atoms with Crippen LogP contribution in [0.1, 0.15) is 5.56 Å². The Labute approximate surface area is 194 Å². The third-order valence-corrected chi connectivity index (χ3v) is 6.02. The Bertz CT molecular complexity index is 1170. The molecule has 5 rings (SSSR count). The van der Waals surface area contributed by atoms with Gasteiger partial charge in [-0.2, -0.15) is 0 Å². The van der Waals surface area contributed by atoms with Crippen LogP contribution >= 0.6 is 12.4 Å². The molecular weight excluding hydrogens is 422 g/mol. The number of hydrogen-bond acceptors (Lipinski definition) is 5. The topological polar surface area (TPSA) is 57.3 Å². The van der Waals surface area contributed by atoms with Crippen LogP contribution in [0.15, 0.2) is 60.8 Å². The second-order valence-electron chi connectivity index (χ2n) is 8.15. The summed E-state index contributed by atoms with van der Waals surface area (Å²) in [5.74, 6) is 1.68. The molecule has 166 valence electrons. The quantitative estimate of drug-likeness (QED) is 0.487. The third-order valence-electron chi connectivity index (χ3n) is 6.02. The number of aromatic amines is 1. The van der Waals surface area contributed by atoms with Crippen molar-refractivity contribution in [1.82, 2.24) is 24.8 Å². The number of pyridine rings is 1. The van der Waals surface area contributed by atoms with E-state index in [1.165, 1.54) is 5.56 Å². The lowest BCUT2D eigenvalue weighted by Crippen LogP contribution is -2.43. The predicted octanol–water partition coefficient (Wildman–Crippen LogP) is 4.47. The van der Waals surface area contributed by atoms with Crippen molar-refractivity contribution < 1.29 is 4.74 Å². The zero-order valence-corrected chi connectivity index (χ0v) is 19.2. The van der Waals surface area contributed by atoms with E-state index in [1.54, 1.807) is 7.11 Å². The standard InChI is InChI=1S/C25H27N5O.ClH/c1-29-13-15-30(16-14-29)17-18-3-5-20(6-4-18)24-27-23-22(11-12-26-25(23)28-24)19-7-9-21(31-2)10-8-19;/h3-12H,13-17H2,1-2H3,(H,26,27,28);1H. The van der Waals surface area contributed by atoms with E-state index in [2.05, 4.69) is 63.2 Å². The first-order valence-electron chi connectivity index (χ1n) is 10.7. The van der Waals surface area contributed by atoms with E-state index in [4.69, 9.17) is 9.72 Å². The van der Waals surface area contributed by atoms with Gasteiger partial charge >= 0.3 is 0 Å². The van der Waals surface area contributed by atoms with Gasteiger partial charge < -0.3 is 14.6 Å². The highest BCUT2D eigenvalue weighted by Gasteiger charge is 2.15. The first-order chi connectivity index (χ1) is 15.2. The van der Waals surface area contributed by atoms with E-state index in [9.17, 15) is 0 Å². The third kappa shape index (κ3) is 4.63. The maximum atomic E-state index is 5.28. The molecule has 0 aliphatic carbocycles. The number of halogens is 1. The van der Waals surface area contributed by atoms with Gasteiger partial charge in [0, 0.05) is 50.0 Å². The molecule has 1 N–H and O–H groups in total. The maximum absolute atomic E-state index is 5.28. The van der Waals surface area contributed by atoms with Crippen molar-refractivity contribution in [2.75, 3.05) is 40.3 Å². The first-order valence-corrected chi connectivity index (χ1v) is 10.7. The van der Waals surface area contributed by atoms with Crippen molar-refractivity contribution in [3.8, 4) is 28.3 Å². The Kier molecular flexibility index (Phi) is 6.74. The summed E-state index contributed by atoms with van der Waals surface area (Å²) in [7, 11) is 3.87. The number of ether oxygens (including phenoxy) is 1. The van der Waals surface area contributed by atoms with Gasteiger partial charge in [0.05, 0.1) is 7.11 Å². The zero-order chi connectivity index (χ0) is 21.2. The van der Waals surface area contributed by atoms with Crippen LogP contribution in [0.25, 0.3) is 33.7 Å². The van der Waals surface area contributed by atoms with Gasteiger partial charge in [-0.3, -0.25) is 4.90 Å². The molecule has 1 fully saturated rings. The number of benzene rings is 2. The van der Waals surface area contributed by atoms with E-state index in [0.717, 1.165) is 72.2 Å². The zero-order valence-electron chi connectivity index (χ0n) is 18.4. The SMILES string of the molecule is COc1ccc(-c2ccnc3[nH]c(-c4ccc(CN5CCN(C)CC5)cc4)nc23)cc1.Cl. The molecule has 0 saturated carbocycles. The molecule has 0 bridgehead atoms. The van der Waals surface area contributed by atoms with E-state index < -0.39 is 0 Å². The highest BCUT2D eigenvalue weighted by atomic mass is 35.5. The fraction of sp³-hybridized carbons (Fsp3) is 0.280. The molecule has 0 radical (unpaired) electrons. The predicted molar refractivity (Wildman–Crippen MR) is 131 cm³/mol. The Morgan fingerprint density at radius 3 is 2.28 bits per heavy atom. The summed E-state index contributed by atoms with van der Waals surface area (Å²) in [5, 5.41) is 0. The van der Waals surface area contributed by atoms with Gasteiger partial charge in [0.1, 0.15) is 17.1 Å². The average Bonchev–Trinajstić information content (AvgIpc) is 3.26. The number of nitrogens with one attached hydrogen (secondary N) is 1. The number of fused-ring (bicyclic) bond motifs is 1. The van der Waals surface area contributed by atoms with Crippen LogP contribution in [0.2, 0.25) is 0 Å². The second kappa shape index (κ2) is 9.69. The number of nitrogens with zero attached hydrogens (tertiary/aromatic N) is 4. The Morgan fingerprint density at radius 2 is 1.59 bits per heavy atom. The lowest BCUT2D eigenvalue weighted by molar-refractivity contribution is 0.148. The highest BCUT2D eigenvalue weighted by molar-refractivity contribution is 5.91. The fourth-order valence-corrected chi connectivity index (χ4v) is 4.08. The van der Waals surface area contributed by atoms with Crippen molar-refractivity contribution >= 4 is 23.6 Å². The molecule has 1 aliphatic heterocycles. The van der Waals surface area contributed by atoms with Crippen LogP contribution in [-0.2, 0) is 6.54 Å². The Hall–Kier alpha value is -2.93. The highest BCUT2D eigenvalue weighted by Crippen LogP contribution is 2.29. The van der Waals surface area contributed by atoms with Gasteiger partial charge in [0.15, 0.2) is 5.65 Å². The molecule has 1 saturated heterocycles. The summed E-state index contributed by atoms with van der Waals surface area (Å²) in [6, 6.07) is 18.8. The molecule has 0 atom stereocenters. The molecule has 0 unspecified atom stereocenters. The summed E-state index contributed by atoms with van der Waals surface area (Å²) >= 11 is 0. The first kappa shape index (κ1) is 22.3. The number of H-pyrrole nitrogens is 1. The largest absolute Gasteiger partial charge is 0.497 e. The molecule has 3 heterocycles. The number of rotatable bonds is 5. The van der Waals surface area contributed by atoms with Gasteiger partial charge in [-0.05, 0) is 36.4 Å². The Morgan fingerprint density at radius 1 is 0.906 bits per heavy atom. The molecule has 4 aromatic rings. The molecule has 0 spiro atoms. The smallest absolute Gasteiger partial charge is 0.158 e. The van der Waals surface area contributed by atoms with Crippen molar-refractivity contribution in [1.29, 1.82) is 0 Å². The monoisotopic (exact) mass is 449 g/mol. The second-order valence-corrected chi connectivity index (χ2v) is 8.15. The Balaban J connectivity index is 0.00000245. The van der Waals surface area contributed by atoms with Gasteiger partial charge in [0.25, 0.3) is 0 Å². The molecule has 0 amide bonds. The van der Waals surface area contributed by atoms with Crippen LogP contribution in [0, 0.1) is 0 Å². The number of hydrogen-bond donors (Lipinski definition) is 1. The minimum absolute atomic E-state index is 0. The normalized spacial score (nSPS) is 14.9. The van der Waals surface area contributed by atoms with E-state index in [0.29, 0.717) is 0 Å². The lowest BCUT2D eigenvalue weighted by Gasteiger charge is -2.32. The van der Waals surface area contributed by atoms with Crippen molar-refractivity contribution in [3.63, 3.8) is 0 Å². The lowest BCUT2D eigenvalue weighted by atomic mass is 10.1. The maximum Gasteiger partial charge on any atom is 0.158 e. The van der Waals surface area contributed by atoms with Gasteiger partial charge in [-0.25, -0.2) is 9.97 Å². The van der Waals surface area contributed by atoms with Crippen LogP contribution < -0.4 is 4.74 Å². The molecule has 32 heavy (non-hydrogen) atoms. The number of aromatic nitrogens is 3. The minimum atomic E-state index is 0. The summed E-state index contributed by atoms with van der Waals surface area (Å²) in [4.78, 5) is 17.7. The van der Waals surface area contributed by atoms with Crippen molar-refractivity contribution in [3.05, 3.63) is 66.4 Å². The van der Waals surface area contributed by atoms with E-state index in [-0.39, 0.29) is 12.4 Å². The summed E-state index contributed by atoms with van der Waals surface area (Å²) in [6.45, 7) is 5.53. The van der Waals surface area contributed by atoms with Crippen LogP contribution in [0.3, 0.4) is 0 Å². The molecule has 2 aromatic carbocycles. The van der Waals surface area contributed by atoms with Crippen LogP contribution in [0.4, 0.5) is 0 Å². The molecule has 2 aromatic heterocycles. The van der Waals surface area contributed by atoms with Gasteiger partial charge in [-0.15, -0.1) is 12.4 Å². The fourth-order valence-electron chi connectivity index (χ4n) is 4.08. The number of imidazole rings is 1. The molecule has 7 heteroatoms. The average molecular weight is 450 g/mol. The minimum Gasteiger partial charge on any atom is -0.497 e. The summed E-state index contributed by atoms with van der Waals surface area (Å²) < 4.78 is 5.28. The summed E-state index contributed by atoms with van der Waals surface area (Å²) in [6.07, 6.45) is 1.82. The van der Waals surface area contributed by atoms with E-state index in [1.807, 2.05) is 24.4 Å². The molecule has 6 nitrogen and oxygen atoms in total. The van der Waals surface area contributed by atoms with Crippen molar-refractivity contribution in [2.24, 2.45) is 0 Å². The van der Waals surface area contributed by atoms with Crippen molar-refractivity contribution in [2.45, 2.75) is 6.54 Å². The van der Waals surface area contributed by atoms with Crippen LogP contribution in [0.5, 0.6) is 5.75 Å². The molecular formula is C25H28ClN5O. The van der Waals surface area contributed by atoms with Crippen LogP contribution in [-0.4, -0.2) is 65.1 Å². The van der Waals surface area contributed by atoms with E-state index >= 15 is 0 Å².